The van der Waals surface area contributed by atoms with Crippen LogP contribution in [-0.4, -0.2) is 23.5 Å². The van der Waals surface area contributed by atoms with Gasteiger partial charge in [0.25, 0.3) is 0 Å². The van der Waals surface area contributed by atoms with Crippen LogP contribution in [0.4, 0.5) is 0 Å². The fraction of sp³-hybridized carbons (Fsp3) is 0.250. The average Bonchev–Trinajstić information content (AvgIpc) is 3.07. The maximum absolute atomic E-state index is 11.8. The Morgan fingerprint density at radius 2 is 1.86 bits per heavy atom. The first kappa shape index (κ1) is 16.2. The third kappa shape index (κ3) is 4.41. The summed E-state index contributed by atoms with van der Waals surface area (Å²) < 4.78 is 0. The predicted molar refractivity (Wildman–Crippen MR) is 85.3 cm³/mol. The second-order valence-corrected chi connectivity index (χ2v) is 5.83. The summed E-state index contributed by atoms with van der Waals surface area (Å²) in [5.74, 6) is -1.46. The number of aliphatic hydroxyl groups excluding tert-OH is 1. The lowest BCUT2D eigenvalue weighted by Gasteiger charge is -2.15. The van der Waals surface area contributed by atoms with E-state index >= 15 is 0 Å². The molecule has 1 aromatic carbocycles. The Morgan fingerprint density at radius 3 is 2.50 bits per heavy atom. The zero-order valence-electron chi connectivity index (χ0n) is 12.2. The molecule has 0 saturated carbocycles. The van der Waals surface area contributed by atoms with Gasteiger partial charge in [-0.3, -0.25) is 9.59 Å². The number of carbonyl (C=O) groups excluding carboxylic acids is 2. The van der Waals surface area contributed by atoms with Gasteiger partial charge < -0.3 is 15.7 Å². The van der Waals surface area contributed by atoms with Gasteiger partial charge in [0, 0.05) is 11.4 Å². The monoisotopic (exact) mass is 318 g/mol. The maximum atomic E-state index is 11.8. The van der Waals surface area contributed by atoms with E-state index in [-0.39, 0.29) is 12.6 Å². The molecule has 0 aliphatic heterocycles. The number of carbonyl (C=O) groups is 2. The molecular formula is C16H18N2O3S. The van der Waals surface area contributed by atoms with E-state index in [2.05, 4.69) is 10.6 Å². The number of benzene rings is 1. The second-order valence-electron chi connectivity index (χ2n) is 4.85. The lowest BCUT2D eigenvalue weighted by molar-refractivity contribution is -0.139. The van der Waals surface area contributed by atoms with Crippen molar-refractivity contribution in [2.45, 2.75) is 19.1 Å². The minimum atomic E-state index is -0.803. The molecule has 0 bridgehead atoms. The summed E-state index contributed by atoms with van der Waals surface area (Å²) in [6.45, 7) is 1.81. The standard InChI is InChI=1S/C16H18N2O3S/c1-11(12-6-3-2-4-7-12)18-16(21)15(20)17-10-13(19)14-8-5-9-22-14/h2-9,11,13,19H,10H2,1H3,(H,17,20)(H,18,21)/t11-,13-/m1/s1. The first-order valence-electron chi connectivity index (χ1n) is 6.93. The van der Waals surface area contributed by atoms with Crippen LogP contribution < -0.4 is 10.6 Å². The molecule has 2 aromatic rings. The Bertz CT molecular complexity index is 614. The number of amides is 2. The zero-order chi connectivity index (χ0) is 15.9. The van der Waals surface area contributed by atoms with Crippen molar-refractivity contribution in [3.63, 3.8) is 0 Å². The molecule has 5 nitrogen and oxygen atoms in total. The molecule has 0 unspecified atom stereocenters. The Hall–Kier alpha value is -2.18. The van der Waals surface area contributed by atoms with Crippen molar-refractivity contribution in [2.75, 3.05) is 6.54 Å². The maximum Gasteiger partial charge on any atom is 0.309 e. The lowest BCUT2D eigenvalue weighted by atomic mass is 10.1. The molecule has 2 atom stereocenters. The van der Waals surface area contributed by atoms with Crippen LogP contribution in [0.3, 0.4) is 0 Å². The van der Waals surface area contributed by atoms with Crippen LogP contribution in [0.2, 0.25) is 0 Å². The summed E-state index contributed by atoms with van der Waals surface area (Å²) in [5.41, 5.74) is 0.919. The van der Waals surface area contributed by atoms with Crippen molar-refractivity contribution in [2.24, 2.45) is 0 Å². The van der Waals surface area contributed by atoms with E-state index < -0.39 is 17.9 Å². The molecule has 0 radical (unpaired) electrons. The van der Waals surface area contributed by atoms with Crippen LogP contribution in [0.15, 0.2) is 47.8 Å². The van der Waals surface area contributed by atoms with Crippen LogP contribution in [0.1, 0.15) is 29.5 Å². The number of nitrogens with one attached hydrogen (secondary N) is 2. The zero-order valence-corrected chi connectivity index (χ0v) is 13.0. The van der Waals surface area contributed by atoms with Gasteiger partial charge in [0.1, 0.15) is 6.10 Å². The third-order valence-corrected chi connectivity index (χ3v) is 4.15. The van der Waals surface area contributed by atoms with E-state index in [1.807, 2.05) is 41.8 Å². The van der Waals surface area contributed by atoms with Crippen LogP contribution in [0.25, 0.3) is 0 Å². The molecule has 2 rings (SSSR count). The van der Waals surface area contributed by atoms with E-state index in [1.54, 1.807) is 13.0 Å². The summed E-state index contributed by atoms with van der Waals surface area (Å²) in [5, 5.41) is 16.8. The van der Waals surface area contributed by atoms with Gasteiger partial charge in [0.2, 0.25) is 0 Å². The van der Waals surface area contributed by atoms with E-state index in [0.29, 0.717) is 0 Å². The molecule has 0 fully saturated rings. The number of aliphatic hydroxyl groups is 1. The van der Waals surface area contributed by atoms with Gasteiger partial charge in [-0.25, -0.2) is 0 Å². The second kappa shape index (κ2) is 7.72. The SMILES string of the molecule is C[C@@H](NC(=O)C(=O)NC[C@@H](O)c1cccs1)c1ccccc1. The highest BCUT2D eigenvalue weighted by Crippen LogP contribution is 2.17. The number of thiophene rings is 1. The molecule has 116 valence electrons. The highest BCUT2D eigenvalue weighted by molar-refractivity contribution is 7.10. The molecule has 1 heterocycles. The van der Waals surface area contributed by atoms with Gasteiger partial charge in [-0.2, -0.15) is 0 Å². The smallest absolute Gasteiger partial charge is 0.309 e. The molecular weight excluding hydrogens is 300 g/mol. The van der Waals surface area contributed by atoms with E-state index in [1.165, 1.54) is 11.3 Å². The minimum Gasteiger partial charge on any atom is -0.386 e. The van der Waals surface area contributed by atoms with Crippen LogP contribution >= 0.6 is 11.3 Å². The molecule has 2 amide bonds. The molecule has 0 aliphatic rings. The van der Waals surface area contributed by atoms with Gasteiger partial charge in [0.15, 0.2) is 0 Å². The first-order chi connectivity index (χ1) is 10.6. The number of rotatable bonds is 5. The predicted octanol–water partition coefficient (Wildman–Crippen LogP) is 1.78. The molecule has 0 aliphatic carbocycles. The Labute approximate surface area is 133 Å². The largest absolute Gasteiger partial charge is 0.386 e. The molecule has 0 spiro atoms. The molecule has 6 heteroatoms. The van der Waals surface area contributed by atoms with Gasteiger partial charge in [0.05, 0.1) is 6.04 Å². The topological polar surface area (TPSA) is 78.4 Å². The Balaban J connectivity index is 1.81. The van der Waals surface area contributed by atoms with Crippen molar-refractivity contribution in [1.82, 2.24) is 10.6 Å². The van der Waals surface area contributed by atoms with Gasteiger partial charge in [-0.1, -0.05) is 36.4 Å². The molecule has 1 aromatic heterocycles. The summed E-state index contributed by atoms with van der Waals surface area (Å²) in [7, 11) is 0. The van der Waals surface area contributed by atoms with Gasteiger partial charge in [-0.05, 0) is 23.9 Å². The van der Waals surface area contributed by atoms with E-state index in [0.717, 1.165) is 10.4 Å². The quantitative estimate of drug-likeness (QED) is 0.735. The summed E-state index contributed by atoms with van der Waals surface area (Å²) >= 11 is 1.40. The minimum absolute atomic E-state index is 0.00643. The summed E-state index contributed by atoms with van der Waals surface area (Å²) in [4.78, 5) is 24.3. The first-order valence-corrected chi connectivity index (χ1v) is 7.81. The number of hydrogen-bond acceptors (Lipinski definition) is 4. The highest BCUT2D eigenvalue weighted by Gasteiger charge is 2.18. The molecule has 22 heavy (non-hydrogen) atoms. The average molecular weight is 318 g/mol. The fourth-order valence-electron chi connectivity index (χ4n) is 1.94. The third-order valence-electron chi connectivity index (χ3n) is 3.18. The van der Waals surface area contributed by atoms with E-state index in [4.69, 9.17) is 0 Å². The fourth-order valence-corrected chi connectivity index (χ4v) is 2.65. The Kier molecular flexibility index (Phi) is 5.68. The van der Waals surface area contributed by atoms with Crippen molar-refractivity contribution >= 4 is 23.2 Å². The van der Waals surface area contributed by atoms with Gasteiger partial charge >= 0.3 is 11.8 Å². The molecule has 0 saturated heterocycles. The van der Waals surface area contributed by atoms with Crippen LogP contribution in [0, 0.1) is 0 Å². The van der Waals surface area contributed by atoms with Crippen molar-refractivity contribution in [3.05, 3.63) is 58.3 Å². The van der Waals surface area contributed by atoms with Crippen molar-refractivity contribution in [1.29, 1.82) is 0 Å². The number of hydrogen-bond donors (Lipinski definition) is 3. The van der Waals surface area contributed by atoms with Crippen LogP contribution in [-0.2, 0) is 9.59 Å². The highest BCUT2D eigenvalue weighted by atomic mass is 32.1. The molecule has 3 N–H and O–H groups in total. The normalized spacial score (nSPS) is 13.2. The van der Waals surface area contributed by atoms with Gasteiger partial charge in [-0.15, -0.1) is 11.3 Å². The van der Waals surface area contributed by atoms with Crippen molar-refractivity contribution in [3.8, 4) is 0 Å². The lowest BCUT2D eigenvalue weighted by Crippen LogP contribution is -2.42. The Morgan fingerprint density at radius 1 is 1.14 bits per heavy atom. The summed E-state index contributed by atoms with van der Waals surface area (Å²) in [6.07, 6.45) is -0.803. The summed E-state index contributed by atoms with van der Waals surface area (Å²) in [6, 6.07) is 12.7. The van der Waals surface area contributed by atoms with Crippen molar-refractivity contribution < 1.29 is 14.7 Å². The van der Waals surface area contributed by atoms with Crippen LogP contribution in [0.5, 0.6) is 0 Å². The van der Waals surface area contributed by atoms with E-state index in [9.17, 15) is 14.7 Å².